The van der Waals surface area contributed by atoms with Crippen LogP contribution in [0, 0.1) is 0 Å². The molecule has 72 valence electrons. The SMILES string of the molecule is O=C(O)C(S)CCOOCCO. The van der Waals surface area contributed by atoms with Crippen LogP contribution in [0.1, 0.15) is 6.42 Å². The van der Waals surface area contributed by atoms with Crippen molar-refractivity contribution in [2.75, 3.05) is 19.8 Å². The van der Waals surface area contributed by atoms with E-state index in [1.165, 1.54) is 0 Å². The van der Waals surface area contributed by atoms with Crippen molar-refractivity contribution in [3.05, 3.63) is 0 Å². The third kappa shape index (κ3) is 6.41. The van der Waals surface area contributed by atoms with Gasteiger partial charge in [-0.05, 0) is 6.42 Å². The molecule has 1 unspecified atom stereocenters. The van der Waals surface area contributed by atoms with Crippen molar-refractivity contribution >= 4 is 18.6 Å². The number of aliphatic hydroxyl groups is 1. The van der Waals surface area contributed by atoms with Gasteiger partial charge in [0, 0.05) is 0 Å². The number of carboxylic acids is 1. The lowest BCUT2D eigenvalue weighted by Crippen LogP contribution is -2.16. The molecule has 0 radical (unpaired) electrons. The summed E-state index contributed by atoms with van der Waals surface area (Å²) < 4.78 is 0. The van der Waals surface area contributed by atoms with Crippen molar-refractivity contribution in [1.29, 1.82) is 0 Å². The summed E-state index contributed by atoms with van der Waals surface area (Å²) >= 11 is 3.77. The predicted octanol–water partition coefficient (Wildman–Crippen LogP) is -0.300. The van der Waals surface area contributed by atoms with Crippen LogP contribution in [-0.4, -0.2) is 41.3 Å². The van der Waals surface area contributed by atoms with Gasteiger partial charge in [0.15, 0.2) is 0 Å². The van der Waals surface area contributed by atoms with Crippen molar-refractivity contribution in [2.45, 2.75) is 11.7 Å². The minimum absolute atomic E-state index is 0.0876. The normalized spacial score (nSPS) is 12.8. The Labute approximate surface area is 75.6 Å². The van der Waals surface area contributed by atoms with Gasteiger partial charge in [-0.1, -0.05) is 0 Å². The Balaban J connectivity index is 3.14. The molecule has 0 aliphatic rings. The zero-order valence-electron chi connectivity index (χ0n) is 6.47. The molecule has 6 heteroatoms. The van der Waals surface area contributed by atoms with E-state index in [-0.39, 0.29) is 26.2 Å². The van der Waals surface area contributed by atoms with E-state index in [2.05, 4.69) is 22.4 Å². The molecule has 2 N–H and O–H groups in total. The monoisotopic (exact) mass is 196 g/mol. The van der Waals surface area contributed by atoms with Crippen LogP contribution in [0.5, 0.6) is 0 Å². The average molecular weight is 196 g/mol. The predicted molar refractivity (Wildman–Crippen MR) is 44.0 cm³/mol. The fourth-order valence-electron chi connectivity index (χ4n) is 0.438. The lowest BCUT2D eigenvalue weighted by atomic mass is 10.3. The average Bonchev–Trinajstić information content (AvgIpc) is 2.03. The van der Waals surface area contributed by atoms with E-state index in [0.29, 0.717) is 0 Å². The Kier molecular flexibility index (Phi) is 7.17. The standard InChI is InChI=1S/C6H12O5S/c7-2-4-11-10-3-1-5(12)6(8)9/h5,7,12H,1-4H2,(H,8,9). The number of aliphatic carboxylic acids is 1. The van der Waals surface area contributed by atoms with Crippen molar-refractivity contribution in [1.82, 2.24) is 0 Å². The molecule has 0 aliphatic heterocycles. The number of hydrogen-bond donors (Lipinski definition) is 3. The number of aliphatic hydroxyl groups excluding tert-OH is 1. The van der Waals surface area contributed by atoms with Crippen molar-refractivity contribution in [3.8, 4) is 0 Å². The van der Waals surface area contributed by atoms with Gasteiger partial charge < -0.3 is 10.2 Å². The van der Waals surface area contributed by atoms with E-state index in [9.17, 15) is 4.79 Å². The maximum absolute atomic E-state index is 10.2. The molecule has 0 rings (SSSR count). The topological polar surface area (TPSA) is 76.0 Å². The van der Waals surface area contributed by atoms with Crippen LogP contribution >= 0.6 is 12.6 Å². The summed E-state index contributed by atoms with van der Waals surface area (Å²) in [4.78, 5) is 19.2. The fourth-order valence-corrected chi connectivity index (χ4v) is 0.544. The summed E-state index contributed by atoms with van der Waals surface area (Å²) in [5.41, 5.74) is 0. The zero-order chi connectivity index (χ0) is 9.40. The lowest BCUT2D eigenvalue weighted by molar-refractivity contribution is -0.297. The molecule has 12 heavy (non-hydrogen) atoms. The first kappa shape index (κ1) is 11.7. The van der Waals surface area contributed by atoms with Crippen molar-refractivity contribution < 1.29 is 24.8 Å². The van der Waals surface area contributed by atoms with Crippen LogP contribution in [0.15, 0.2) is 0 Å². The van der Waals surface area contributed by atoms with Crippen LogP contribution in [0.2, 0.25) is 0 Å². The van der Waals surface area contributed by atoms with Gasteiger partial charge in [-0.25, -0.2) is 9.78 Å². The highest BCUT2D eigenvalue weighted by Gasteiger charge is 2.10. The van der Waals surface area contributed by atoms with Gasteiger partial charge in [-0.2, -0.15) is 12.6 Å². The molecule has 0 heterocycles. The molecule has 0 spiro atoms. The summed E-state index contributed by atoms with van der Waals surface area (Å²) in [5, 5.41) is 15.9. The Morgan fingerprint density at radius 1 is 1.42 bits per heavy atom. The second kappa shape index (κ2) is 7.35. The number of carbonyl (C=O) groups is 1. The van der Waals surface area contributed by atoms with Crippen LogP contribution in [0.4, 0.5) is 0 Å². The zero-order valence-corrected chi connectivity index (χ0v) is 7.37. The maximum Gasteiger partial charge on any atom is 0.316 e. The number of rotatable bonds is 7. The van der Waals surface area contributed by atoms with Crippen LogP contribution < -0.4 is 0 Å². The molecule has 0 saturated carbocycles. The first-order valence-electron chi connectivity index (χ1n) is 3.44. The summed E-state index contributed by atoms with van der Waals surface area (Å²) in [6.45, 7) is 0.119. The minimum atomic E-state index is -0.982. The molecule has 0 fully saturated rings. The Bertz CT molecular complexity index is 129. The molecule has 1 atom stereocenters. The number of thiol groups is 1. The second-order valence-electron chi connectivity index (χ2n) is 2.01. The molecule has 0 aromatic heterocycles. The van der Waals surface area contributed by atoms with Crippen LogP contribution in [-0.2, 0) is 14.6 Å². The summed E-state index contributed by atoms with van der Waals surface area (Å²) in [6, 6.07) is 0. The second-order valence-corrected chi connectivity index (χ2v) is 2.63. The van der Waals surface area contributed by atoms with E-state index in [1.807, 2.05) is 0 Å². The van der Waals surface area contributed by atoms with Crippen LogP contribution in [0.25, 0.3) is 0 Å². The molecule has 0 aromatic carbocycles. The van der Waals surface area contributed by atoms with Gasteiger partial charge in [0.25, 0.3) is 0 Å². The molecular weight excluding hydrogens is 184 g/mol. The highest BCUT2D eigenvalue weighted by atomic mass is 32.1. The largest absolute Gasteiger partial charge is 0.480 e. The van der Waals surface area contributed by atoms with E-state index >= 15 is 0 Å². The van der Waals surface area contributed by atoms with E-state index < -0.39 is 11.2 Å². The maximum atomic E-state index is 10.2. The van der Waals surface area contributed by atoms with Gasteiger partial charge in [0.2, 0.25) is 0 Å². The molecule has 0 saturated heterocycles. The smallest absolute Gasteiger partial charge is 0.316 e. The number of hydrogen-bond acceptors (Lipinski definition) is 5. The van der Waals surface area contributed by atoms with Gasteiger partial charge >= 0.3 is 5.97 Å². The quantitative estimate of drug-likeness (QED) is 0.225. The molecule has 0 aromatic rings. The van der Waals surface area contributed by atoms with Gasteiger partial charge in [0.1, 0.15) is 11.9 Å². The van der Waals surface area contributed by atoms with Gasteiger partial charge in [-0.3, -0.25) is 4.79 Å². The summed E-state index contributed by atoms with van der Waals surface area (Å²) in [6.07, 6.45) is 0.268. The molecule has 5 nitrogen and oxygen atoms in total. The lowest BCUT2D eigenvalue weighted by Gasteiger charge is -2.04. The van der Waals surface area contributed by atoms with E-state index in [1.54, 1.807) is 0 Å². The highest BCUT2D eigenvalue weighted by Crippen LogP contribution is 2.01. The minimum Gasteiger partial charge on any atom is -0.480 e. The van der Waals surface area contributed by atoms with E-state index in [4.69, 9.17) is 10.2 Å². The molecule has 0 aliphatic carbocycles. The first-order chi connectivity index (χ1) is 5.68. The van der Waals surface area contributed by atoms with E-state index in [0.717, 1.165) is 0 Å². The molecule has 0 amide bonds. The summed E-state index contributed by atoms with van der Waals surface area (Å²) in [5.74, 6) is -0.982. The fraction of sp³-hybridized carbons (Fsp3) is 0.833. The molecular formula is C6H12O5S. The third-order valence-electron chi connectivity index (χ3n) is 1.02. The van der Waals surface area contributed by atoms with Crippen molar-refractivity contribution in [2.24, 2.45) is 0 Å². The number of carboxylic acid groups (broad SMARTS) is 1. The van der Waals surface area contributed by atoms with Gasteiger partial charge in [0.05, 0.1) is 13.2 Å². The van der Waals surface area contributed by atoms with Crippen LogP contribution in [0.3, 0.4) is 0 Å². The Morgan fingerprint density at radius 3 is 2.50 bits per heavy atom. The third-order valence-corrected chi connectivity index (χ3v) is 1.50. The highest BCUT2D eigenvalue weighted by molar-refractivity contribution is 7.81. The molecule has 0 bridgehead atoms. The van der Waals surface area contributed by atoms with Crippen molar-refractivity contribution in [3.63, 3.8) is 0 Å². The van der Waals surface area contributed by atoms with Gasteiger partial charge in [-0.15, -0.1) is 0 Å². The Morgan fingerprint density at radius 2 is 2.00 bits per heavy atom. The summed E-state index contributed by atoms with van der Waals surface area (Å²) in [7, 11) is 0. The first-order valence-corrected chi connectivity index (χ1v) is 3.96. The Hall–Kier alpha value is -0.300.